The van der Waals surface area contributed by atoms with E-state index in [1.54, 1.807) is 13.8 Å². The Morgan fingerprint density at radius 3 is 1.00 bits per heavy atom. The molecular weight excluding hydrogens is 113 g/mol. The van der Waals surface area contributed by atoms with Crippen LogP contribution in [0.5, 0.6) is 0 Å². The molecule has 0 saturated carbocycles. The Balaban J connectivity index is -0.00000000500. The molecule has 5 heavy (non-hydrogen) atoms. The molecule has 0 fully saturated rings. The van der Waals surface area contributed by atoms with Crippen molar-refractivity contribution in [3.05, 3.63) is 13.8 Å². The summed E-state index contributed by atoms with van der Waals surface area (Å²) in [6, 6.07) is 0. The van der Waals surface area contributed by atoms with Gasteiger partial charge in [-0.3, -0.25) is 0 Å². The minimum atomic E-state index is 0. The largest absolute Gasteiger partial charge is 2.00 e. The molecule has 0 heterocycles. The van der Waals surface area contributed by atoms with Crippen LogP contribution in [0, 0.1) is 13.8 Å². The van der Waals surface area contributed by atoms with Gasteiger partial charge in [-0.05, 0) is 0 Å². The maximum absolute atomic E-state index is 3.25. The smallest absolute Gasteiger partial charge is 0.346 e. The van der Waals surface area contributed by atoms with E-state index in [-0.39, 0.29) is 20.9 Å². The SMILES string of the molecule is [CH2-]C.[CH2-]C.[H+].[Zn+2]. The summed E-state index contributed by atoms with van der Waals surface area (Å²) >= 11 is 0. The van der Waals surface area contributed by atoms with E-state index in [0.717, 1.165) is 0 Å². The zero-order valence-corrected chi connectivity index (χ0v) is 7.09. The monoisotopic (exact) mass is 123 g/mol. The van der Waals surface area contributed by atoms with Crippen LogP contribution < -0.4 is 0 Å². The molecule has 0 radical (unpaired) electrons. The number of rotatable bonds is 0. The standard InChI is InChI=1S/2C2H5.Zn/c2*1-2;/h2*1H2,2H3;/q2*-1;+2/p+1. The fourth-order valence-corrected chi connectivity index (χ4v) is 0. The van der Waals surface area contributed by atoms with Crippen LogP contribution in [0.3, 0.4) is 0 Å². The van der Waals surface area contributed by atoms with Crippen LogP contribution in [0.15, 0.2) is 0 Å². The summed E-state index contributed by atoms with van der Waals surface area (Å²) < 4.78 is 0. The Kier molecular flexibility index (Phi) is 546. The first-order chi connectivity index (χ1) is 2.00. The fraction of sp³-hybridized carbons (Fsp3) is 0.500. The molecule has 0 aliphatic carbocycles. The van der Waals surface area contributed by atoms with Gasteiger partial charge < -0.3 is 13.8 Å². The topological polar surface area (TPSA) is 0 Å². The van der Waals surface area contributed by atoms with Gasteiger partial charge in [0.25, 0.3) is 0 Å². The molecule has 1 heteroatoms. The first-order valence-corrected chi connectivity index (χ1v) is 1.41. The molecule has 0 saturated heterocycles. The molecule has 28 valence electrons. The second-order valence-corrected chi connectivity index (χ2v) is 0. The first-order valence-electron chi connectivity index (χ1n) is 1.41. The molecular formula is C4H11Zn+. The van der Waals surface area contributed by atoms with Crippen molar-refractivity contribution in [2.24, 2.45) is 0 Å². The molecule has 0 N–H and O–H groups in total. The Hall–Kier alpha value is 0.623. The minimum absolute atomic E-state index is 0. The molecule has 0 atom stereocenters. The van der Waals surface area contributed by atoms with Gasteiger partial charge >= 0.3 is 20.9 Å². The van der Waals surface area contributed by atoms with Gasteiger partial charge in [-0.1, -0.05) is 0 Å². The summed E-state index contributed by atoms with van der Waals surface area (Å²) in [5, 5.41) is 0. The number of hydrogen-bond acceptors (Lipinski definition) is 0. The van der Waals surface area contributed by atoms with Gasteiger partial charge in [0.1, 0.15) is 0 Å². The Bertz CT molecular complexity index is 7.51. The average molecular weight is 125 g/mol. The Morgan fingerprint density at radius 1 is 1.00 bits per heavy atom. The predicted octanol–water partition coefficient (Wildman–Crippen LogP) is 1.79. The maximum atomic E-state index is 3.25. The molecule has 0 nitrogen and oxygen atoms in total. The molecule has 0 rings (SSSR count). The Morgan fingerprint density at radius 2 is 1.00 bits per heavy atom. The molecule has 0 aliphatic rings. The van der Waals surface area contributed by atoms with E-state index in [1.165, 1.54) is 0 Å². The predicted molar refractivity (Wildman–Crippen MR) is 23.2 cm³/mol. The van der Waals surface area contributed by atoms with Crippen molar-refractivity contribution in [2.45, 2.75) is 13.8 Å². The number of hydrogen-bond donors (Lipinski definition) is 0. The van der Waals surface area contributed by atoms with Gasteiger partial charge in [0.2, 0.25) is 0 Å². The van der Waals surface area contributed by atoms with Crippen molar-refractivity contribution in [3.8, 4) is 0 Å². The van der Waals surface area contributed by atoms with Crippen molar-refractivity contribution >= 4 is 0 Å². The summed E-state index contributed by atoms with van der Waals surface area (Å²) in [7, 11) is 0. The van der Waals surface area contributed by atoms with E-state index < -0.39 is 0 Å². The van der Waals surface area contributed by atoms with Gasteiger partial charge in [-0.25, -0.2) is 0 Å². The van der Waals surface area contributed by atoms with Gasteiger partial charge in [-0.15, -0.1) is 0 Å². The van der Waals surface area contributed by atoms with Crippen LogP contribution in [0.4, 0.5) is 0 Å². The molecule has 0 amide bonds. The van der Waals surface area contributed by atoms with Crippen LogP contribution in [0.1, 0.15) is 15.3 Å². The molecule has 0 aromatic heterocycles. The van der Waals surface area contributed by atoms with Gasteiger partial charge in [0, 0.05) is 0 Å². The van der Waals surface area contributed by atoms with E-state index >= 15 is 0 Å². The average Bonchev–Trinajstić information content (AvgIpc) is 1.50. The van der Waals surface area contributed by atoms with Gasteiger partial charge in [0.15, 0.2) is 0 Å². The summed E-state index contributed by atoms with van der Waals surface area (Å²) in [6.07, 6.45) is 0. The zero-order chi connectivity index (χ0) is 4.00. The van der Waals surface area contributed by atoms with Crippen LogP contribution in [0.25, 0.3) is 0 Å². The zero-order valence-electron chi connectivity index (χ0n) is 5.12. The van der Waals surface area contributed by atoms with Crippen molar-refractivity contribution < 1.29 is 20.9 Å². The second kappa shape index (κ2) is 156. The van der Waals surface area contributed by atoms with E-state index in [9.17, 15) is 0 Å². The molecule has 0 unspecified atom stereocenters. The molecule has 0 spiro atoms. The molecule has 0 aromatic carbocycles. The first kappa shape index (κ1) is 17.5. The summed E-state index contributed by atoms with van der Waals surface area (Å²) in [5.74, 6) is 0. The fourth-order valence-electron chi connectivity index (χ4n) is 0. The van der Waals surface area contributed by atoms with Crippen LogP contribution in [-0.4, -0.2) is 0 Å². The normalized spacial score (nSPS) is 2.40. The molecule has 0 aliphatic heterocycles. The van der Waals surface area contributed by atoms with Crippen LogP contribution in [-0.2, 0) is 19.5 Å². The molecule has 0 bridgehead atoms. The van der Waals surface area contributed by atoms with Crippen molar-refractivity contribution in [1.29, 1.82) is 0 Å². The Labute approximate surface area is 49.2 Å². The van der Waals surface area contributed by atoms with Crippen LogP contribution in [0.2, 0.25) is 0 Å². The third kappa shape index (κ3) is 81.9. The molecule has 0 aromatic rings. The second-order valence-electron chi connectivity index (χ2n) is 0. The van der Waals surface area contributed by atoms with E-state index in [0.29, 0.717) is 0 Å². The maximum Gasteiger partial charge on any atom is 2.00 e. The van der Waals surface area contributed by atoms with Gasteiger partial charge in [0.05, 0.1) is 0 Å². The van der Waals surface area contributed by atoms with Crippen molar-refractivity contribution in [1.82, 2.24) is 0 Å². The van der Waals surface area contributed by atoms with Gasteiger partial charge in [-0.2, -0.15) is 13.8 Å². The third-order valence-electron chi connectivity index (χ3n) is 0. The van der Waals surface area contributed by atoms with Crippen molar-refractivity contribution in [3.63, 3.8) is 0 Å². The van der Waals surface area contributed by atoms with E-state index in [1.807, 2.05) is 0 Å². The van der Waals surface area contributed by atoms with Crippen molar-refractivity contribution in [2.75, 3.05) is 0 Å². The third-order valence-corrected chi connectivity index (χ3v) is 0. The summed E-state index contributed by atoms with van der Waals surface area (Å²) in [4.78, 5) is 0. The quantitative estimate of drug-likeness (QED) is 0.341. The van der Waals surface area contributed by atoms with Crippen LogP contribution >= 0.6 is 0 Å². The van der Waals surface area contributed by atoms with E-state index in [2.05, 4.69) is 13.8 Å². The minimum Gasteiger partial charge on any atom is -0.346 e. The van der Waals surface area contributed by atoms with E-state index in [4.69, 9.17) is 0 Å². The summed E-state index contributed by atoms with van der Waals surface area (Å²) in [5.41, 5.74) is 0. The summed E-state index contributed by atoms with van der Waals surface area (Å²) in [6.45, 7) is 10.0.